The first-order chi connectivity index (χ1) is 18.4. The highest BCUT2D eigenvalue weighted by Crippen LogP contribution is 2.42. The molecule has 2 aliphatic heterocycles. The number of rotatable bonds is 8. The Labute approximate surface area is 226 Å². The van der Waals surface area contributed by atoms with E-state index in [0.29, 0.717) is 24.5 Å². The van der Waals surface area contributed by atoms with Crippen LogP contribution in [0.3, 0.4) is 0 Å². The Morgan fingerprint density at radius 3 is 2.66 bits per heavy atom. The number of carbonyl (C=O) groups excluding carboxylic acids is 1. The van der Waals surface area contributed by atoms with Gasteiger partial charge in [-0.05, 0) is 80.4 Å². The molecule has 0 saturated carbocycles. The van der Waals surface area contributed by atoms with Crippen molar-refractivity contribution in [3.63, 3.8) is 0 Å². The Hall–Kier alpha value is -2.92. The molecule has 2 fully saturated rings. The summed E-state index contributed by atoms with van der Waals surface area (Å²) in [5.74, 6) is -0.242. The molecule has 1 aromatic carbocycles. The van der Waals surface area contributed by atoms with Gasteiger partial charge in [-0.3, -0.25) is 9.69 Å². The molecule has 1 aliphatic carbocycles. The van der Waals surface area contributed by atoms with Gasteiger partial charge in [0.05, 0.1) is 38.2 Å². The second-order valence-electron chi connectivity index (χ2n) is 11.8. The molecule has 7 nitrogen and oxygen atoms in total. The molecule has 7 heteroatoms. The molecule has 202 valence electrons. The summed E-state index contributed by atoms with van der Waals surface area (Å²) in [6.07, 6.45) is 11.4. The Morgan fingerprint density at radius 2 is 1.97 bits per heavy atom. The van der Waals surface area contributed by atoms with Crippen molar-refractivity contribution < 1.29 is 14.3 Å². The molecule has 3 aliphatic rings. The lowest BCUT2D eigenvalue weighted by molar-refractivity contribution is -0.226. The number of carbonyl (C=O) groups is 1. The van der Waals surface area contributed by atoms with Gasteiger partial charge in [0.25, 0.3) is 5.91 Å². The third kappa shape index (κ3) is 6.04. The Bertz CT molecular complexity index is 1210. The van der Waals surface area contributed by atoms with Crippen LogP contribution in [0.1, 0.15) is 86.0 Å². The molecule has 0 unspecified atom stereocenters. The fourth-order valence-corrected chi connectivity index (χ4v) is 5.97. The van der Waals surface area contributed by atoms with Gasteiger partial charge in [0, 0.05) is 23.0 Å². The number of aromatic nitrogens is 1. The van der Waals surface area contributed by atoms with Crippen LogP contribution in [0.25, 0.3) is 5.57 Å². The summed E-state index contributed by atoms with van der Waals surface area (Å²) in [6.45, 7) is 10.3. The largest absolute Gasteiger partial charge is 0.425 e. The zero-order valence-electron chi connectivity index (χ0n) is 22.8. The second-order valence-corrected chi connectivity index (χ2v) is 11.8. The minimum Gasteiger partial charge on any atom is -0.425 e. The van der Waals surface area contributed by atoms with Gasteiger partial charge in [-0.25, -0.2) is 0 Å². The molecule has 0 radical (unpaired) electrons. The number of nitrogens with zero attached hydrogens (tertiary/aromatic N) is 2. The highest BCUT2D eigenvalue weighted by molar-refractivity contribution is 6.04. The molecule has 2 aromatic rings. The number of likely N-dealkylation sites (tertiary alicyclic amines) is 1. The van der Waals surface area contributed by atoms with Gasteiger partial charge in [-0.2, -0.15) is 5.26 Å². The molecule has 1 aromatic heterocycles. The van der Waals surface area contributed by atoms with E-state index in [1.54, 1.807) is 12.3 Å². The molecular formula is C31H41N4O3+. The van der Waals surface area contributed by atoms with E-state index in [1.807, 2.05) is 6.07 Å². The van der Waals surface area contributed by atoms with Crippen LogP contribution in [-0.4, -0.2) is 60.0 Å². The van der Waals surface area contributed by atoms with Crippen molar-refractivity contribution in [1.29, 1.82) is 5.26 Å². The number of benzene rings is 1. The number of nitriles is 1. The third-order valence-electron chi connectivity index (χ3n) is 8.53. The highest BCUT2D eigenvalue weighted by Gasteiger charge is 2.41. The number of aromatic amines is 1. The maximum absolute atomic E-state index is 13.1. The van der Waals surface area contributed by atoms with Gasteiger partial charge in [0.1, 0.15) is 11.8 Å². The summed E-state index contributed by atoms with van der Waals surface area (Å²) in [6, 6.07) is 10.1. The Balaban J connectivity index is 1.45. The molecule has 38 heavy (non-hydrogen) atoms. The number of allylic oxidation sites excluding steroid dienone is 2. The molecule has 0 spiro atoms. The van der Waals surface area contributed by atoms with E-state index in [9.17, 15) is 4.79 Å². The SMILES string of the molecule is CC1(C)CC=C(c2cc(C3([OH+]CCN4CCCC4)CCOCC3)ccc2NC(=O)c2cc(C#N)c[nH]2)CC1. The van der Waals surface area contributed by atoms with Crippen molar-refractivity contribution in [3.8, 4) is 6.07 Å². The minimum absolute atomic E-state index is 0.242. The van der Waals surface area contributed by atoms with E-state index < -0.39 is 0 Å². The summed E-state index contributed by atoms with van der Waals surface area (Å²) in [7, 11) is 0. The minimum atomic E-state index is -0.259. The number of hydrogen-bond donors (Lipinski definition) is 2. The molecular weight excluding hydrogens is 476 g/mol. The van der Waals surface area contributed by atoms with Gasteiger partial charge in [0.2, 0.25) is 0 Å². The lowest BCUT2D eigenvalue weighted by atomic mass is 9.76. The standard InChI is InChI=1S/C31H40N4O3/c1-30(2)9-7-24(8-10-30)26-20-25(5-6-27(26)34-29(36)28-19-23(21-32)22-33-28)31(11-16-37-17-12-31)38-18-15-35-13-3-4-14-35/h5-7,19-20,22,33H,3-4,8-18H2,1-2H3,(H,34,36)/p+1. The van der Waals surface area contributed by atoms with E-state index in [2.05, 4.69) is 53.3 Å². The van der Waals surface area contributed by atoms with Crippen molar-refractivity contribution in [2.24, 2.45) is 5.41 Å². The molecule has 0 bridgehead atoms. The van der Waals surface area contributed by atoms with Crippen molar-refractivity contribution in [3.05, 3.63) is 58.9 Å². The summed E-state index contributed by atoms with van der Waals surface area (Å²) < 4.78 is 11.1. The maximum Gasteiger partial charge on any atom is 0.272 e. The van der Waals surface area contributed by atoms with E-state index in [1.165, 1.54) is 37.1 Å². The van der Waals surface area contributed by atoms with Crippen LogP contribution in [0.4, 0.5) is 5.69 Å². The van der Waals surface area contributed by atoms with Crippen molar-refractivity contribution in [2.45, 2.75) is 64.4 Å². The van der Waals surface area contributed by atoms with E-state index >= 15 is 0 Å². The lowest BCUT2D eigenvalue weighted by Gasteiger charge is -2.35. The predicted molar refractivity (Wildman–Crippen MR) is 150 cm³/mol. The van der Waals surface area contributed by atoms with Crippen LogP contribution < -0.4 is 5.32 Å². The van der Waals surface area contributed by atoms with Gasteiger partial charge >= 0.3 is 0 Å². The van der Waals surface area contributed by atoms with Crippen LogP contribution in [0.2, 0.25) is 0 Å². The van der Waals surface area contributed by atoms with E-state index in [0.717, 1.165) is 56.5 Å². The second kappa shape index (κ2) is 11.4. The first kappa shape index (κ1) is 26.7. The number of H-pyrrole nitrogens is 1. The van der Waals surface area contributed by atoms with Crippen LogP contribution in [0.5, 0.6) is 0 Å². The average molecular weight is 518 g/mol. The first-order valence-corrected chi connectivity index (χ1v) is 14.1. The van der Waals surface area contributed by atoms with Crippen LogP contribution in [-0.2, 0) is 10.3 Å². The maximum atomic E-state index is 13.1. The van der Waals surface area contributed by atoms with Gasteiger partial charge in [-0.15, -0.1) is 0 Å². The van der Waals surface area contributed by atoms with E-state index in [-0.39, 0.29) is 16.9 Å². The molecule has 3 heterocycles. The summed E-state index contributed by atoms with van der Waals surface area (Å²) in [5.41, 5.74) is 5.24. The number of anilines is 1. The topological polar surface area (TPSA) is 93.9 Å². The quantitative estimate of drug-likeness (QED) is 0.461. The molecule has 3 N–H and O–H groups in total. The van der Waals surface area contributed by atoms with Crippen molar-refractivity contribution in [2.75, 3.05) is 44.8 Å². The monoisotopic (exact) mass is 517 g/mol. The normalized spacial score (nSPS) is 21.0. The highest BCUT2D eigenvalue weighted by atomic mass is 16.5. The Morgan fingerprint density at radius 1 is 1.18 bits per heavy atom. The fraction of sp³-hybridized carbons (Fsp3) is 0.548. The van der Waals surface area contributed by atoms with Crippen molar-refractivity contribution >= 4 is 17.2 Å². The molecule has 1 amide bonds. The zero-order valence-corrected chi connectivity index (χ0v) is 22.8. The molecule has 5 rings (SSSR count). The number of ether oxygens (including phenoxy) is 2. The molecule has 0 atom stereocenters. The summed E-state index contributed by atoms with van der Waals surface area (Å²) in [5, 5.41) is 12.3. The number of amides is 1. The number of aliphatic hydroxyl groups is 2. The fourth-order valence-electron chi connectivity index (χ4n) is 5.97. The van der Waals surface area contributed by atoms with E-state index in [4.69, 9.17) is 14.7 Å². The predicted octanol–water partition coefficient (Wildman–Crippen LogP) is 5.36. The number of hydrogen-bond acceptors (Lipinski definition) is 4. The average Bonchev–Trinajstić information content (AvgIpc) is 3.62. The van der Waals surface area contributed by atoms with Crippen LogP contribution in [0, 0.1) is 16.7 Å². The number of nitrogens with one attached hydrogen (secondary N) is 2. The third-order valence-corrected chi connectivity index (χ3v) is 8.53. The van der Waals surface area contributed by atoms with Crippen molar-refractivity contribution in [1.82, 2.24) is 9.88 Å². The van der Waals surface area contributed by atoms with Crippen LogP contribution in [0.15, 0.2) is 36.5 Å². The smallest absolute Gasteiger partial charge is 0.272 e. The first-order valence-electron chi connectivity index (χ1n) is 14.1. The Kier molecular flexibility index (Phi) is 8.04. The van der Waals surface area contributed by atoms with Crippen LogP contribution >= 0.6 is 0 Å². The zero-order chi connectivity index (χ0) is 26.6. The molecule has 2 saturated heterocycles. The van der Waals surface area contributed by atoms with Gasteiger partial charge in [-0.1, -0.05) is 19.9 Å². The van der Waals surface area contributed by atoms with Gasteiger partial charge < -0.3 is 19.8 Å². The summed E-state index contributed by atoms with van der Waals surface area (Å²) in [4.78, 5) is 18.5. The lowest BCUT2D eigenvalue weighted by Crippen LogP contribution is -2.41. The summed E-state index contributed by atoms with van der Waals surface area (Å²) >= 11 is 0. The van der Waals surface area contributed by atoms with Gasteiger partial charge in [0.15, 0.2) is 12.2 Å².